The van der Waals surface area contributed by atoms with E-state index in [1.807, 2.05) is 0 Å². The summed E-state index contributed by atoms with van der Waals surface area (Å²) in [6.45, 7) is 3.80. The van der Waals surface area contributed by atoms with E-state index in [2.05, 4.69) is 5.32 Å². The van der Waals surface area contributed by atoms with E-state index < -0.39 is 11.4 Å². The number of nitrogens with one attached hydrogen (secondary N) is 1. The van der Waals surface area contributed by atoms with E-state index in [4.69, 9.17) is 5.11 Å². The summed E-state index contributed by atoms with van der Waals surface area (Å²) in [5, 5.41) is 11.7. The molecule has 6 heteroatoms. The number of rotatable bonds is 5. The third kappa shape index (κ3) is 3.44. The van der Waals surface area contributed by atoms with Gasteiger partial charge in [-0.05, 0) is 38.5 Å². The standard InChI is InChI=1S/C16H20N2O4/c1-16(2,15(21)22)10-17-14(20)11-5-3-6-12(9-11)18-8-4-7-13(18)19/h3,5-6,9H,4,7-8,10H2,1-2H3,(H,17,20)(H,21,22). The van der Waals surface area contributed by atoms with Crippen molar-refractivity contribution in [2.45, 2.75) is 26.7 Å². The van der Waals surface area contributed by atoms with E-state index in [1.54, 1.807) is 43.0 Å². The summed E-state index contributed by atoms with van der Waals surface area (Å²) < 4.78 is 0. The maximum Gasteiger partial charge on any atom is 0.310 e. The van der Waals surface area contributed by atoms with Crippen molar-refractivity contribution in [1.29, 1.82) is 0 Å². The van der Waals surface area contributed by atoms with Crippen molar-refractivity contribution >= 4 is 23.5 Å². The van der Waals surface area contributed by atoms with Gasteiger partial charge in [0.15, 0.2) is 0 Å². The molecule has 1 aromatic rings. The van der Waals surface area contributed by atoms with Gasteiger partial charge in [0.2, 0.25) is 5.91 Å². The Labute approximate surface area is 129 Å². The number of carboxylic acid groups (broad SMARTS) is 1. The molecular weight excluding hydrogens is 284 g/mol. The number of benzene rings is 1. The predicted octanol–water partition coefficient (Wildman–Crippen LogP) is 1.65. The number of aliphatic carboxylic acids is 1. The molecule has 0 aromatic heterocycles. The van der Waals surface area contributed by atoms with Crippen LogP contribution in [0.4, 0.5) is 5.69 Å². The third-order valence-electron chi connectivity index (χ3n) is 3.76. The van der Waals surface area contributed by atoms with Gasteiger partial charge in [-0.2, -0.15) is 0 Å². The molecular formula is C16H20N2O4. The van der Waals surface area contributed by atoms with Gasteiger partial charge in [0.05, 0.1) is 5.41 Å². The van der Waals surface area contributed by atoms with Crippen molar-refractivity contribution in [3.8, 4) is 0 Å². The molecule has 1 aliphatic rings. The smallest absolute Gasteiger partial charge is 0.310 e. The Morgan fingerprint density at radius 3 is 2.68 bits per heavy atom. The molecule has 2 rings (SSSR count). The highest BCUT2D eigenvalue weighted by Gasteiger charge is 2.28. The average molecular weight is 304 g/mol. The molecule has 1 heterocycles. The van der Waals surface area contributed by atoms with Crippen LogP contribution in [0.5, 0.6) is 0 Å². The molecule has 0 aliphatic carbocycles. The minimum Gasteiger partial charge on any atom is -0.481 e. The summed E-state index contributed by atoms with van der Waals surface area (Å²) in [4.78, 5) is 36.6. The normalized spacial score (nSPS) is 15.0. The molecule has 0 bridgehead atoms. The third-order valence-corrected chi connectivity index (χ3v) is 3.76. The molecule has 0 spiro atoms. The second-order valence-corrected chi connectivity index (χ2v) is 6.07. The number of carboxylic acids is 1. The van der Waals surface area contributed by atoms with Crippen LogP contribution >= 0.6 is 0 Å². The average Bonchev–Trinajstić information content (AvgIpc) is 2.91. The minimum absolute atomic E-state index is 0.0358. The zero-order valence-corrected chi connectivity index (χ0v) is 12.8. The Balaban J connectivity index is 2.07. The fourth-order valence-electron chi connectivity index (χ4n) is 2.22. The summed E-state index contributed by atoms with van der Waals surface area (Å²) in [6, 6.07) is 6.82. The van der Waals surface area contributed by atoms with Crippen LogP contribution in [0.15, 0.2) is 24.3 Å². The molecule has 0 atom stereocenters. The summed E-state index contributed by atoms with van der Waals surface area (Å²) in [5.74, 6) is -1.25. The van der Waals surface area contributed by atoms with Gasteiger partial charge in [-0.3, -0.25) is 14.4 Å². The van der Waals surface area contributed by atoms with E-state index in [0.29, 0.717) is 24.2 Å². The Bertz CT molecular complexity index is 610. The van der Waals surface area contributed by atoms with Crippen LogP contribution in [-0.4, -0.2) is 36.0 Å². The van der Waals surface area contributed by atoms with Gasteiger partial charge < -0.3 is 15.3 Å². The van der Waals surface area contributed by atoms with Crippen LogP contribution in [0.1, 0.15) is 37.0 Å². The first-order valence-corrected chi connectivity index (χ1v) is 7.23. The van der Waals surface area contributed by atoms with Crippen LogP contribution in [-0.2, 0) is 9.59 Å². The quantitative estimate of drug-likeness (QED) is 0.866. The lowest BCUT2D eigenvalue weighted by Crippen LogP contribution is -2.39. The van der Waals surface area contributed by atoms with Crippen molar-refractivity contribution < 1.29 is 19.5 Å². The van der Waals surface area contributed by atoms with Gasteiger partial charge >= 0.3 is 5.97 Å². The molecule has 0 saturated carbocycles. The van der Waals surface area contributed by atoms with Crippen LogP contribution < -0.4 is 10.2 Å². The number of carbonyl (C=O) groups excluding carboxylic acids is 2. The van der Waals surface area contributed by atoms with Gasteiger partial charge in [0.1, 0.15) is 0 Å². The molecule has 6 nitrogen and oxygen atoms in total. The van der Waals surface area contributed by atoms with E-state index >= 15 is 0 Å². The zero-order valence-electron chi connectivity index (χ0n) is 12.8. The van der Waals surface area contributed by atoms with E-state index in [9.17, 15) is 14.4 Å². The van der Waals surface area contributed by atoms with Gasteiger partial charge in [0.25, 0.3) is 5.91 Å². The first-order valence-electron chi connectivity index (χ1n) is 7.23. The molecule has 1 aromatic carbocycles. The summed E-state index contributed by atoms with van der Waals surface area (Å²) in [5.41, 5.74) is 0.0871. The number of anilines is 1. The predicted molar refractivity (Wildman–Crippen MR) is 81.8 cm³/mol. The maximum atomic E-state index is 12.2. The van der Waals surface area contributed by atoms with Crippen molar-refractivity contribution in [3.05, 3.63) is 29.8 Å². The summed E-state index contributed by atoms with van der Waals surface area (Å²) >= 11 is 0. The fourth-order valence-corrected chi connectivity index (χ4v) is 2.22. The van der Waals surface area contributed by atoms with Crippen LogP contribution in [0.25, 0.3) is 0 Å². The lowest BCUT2D eigenvalue weighted by molar-refractivity contribution is -0.146. The number of amides is 2. The number of nitrogens with zero attached hydrogens (tertiary/aromatic N) is 1. The molecule has 2 amide bonds. The Kier molecular flexibility index (Phi) is 4.49. The highest BCUT2D eigenvalue weighted by molar-refractivity contribution is 5.99. The number of hydrogen-bond donors (Lipinski definition) is 2. The van der Waals surface area contributed by atoms with Crippen molar-refractivity contribution in [2.75, 3.05) is 18.0 Å². The lowest BCUT2D eigenvalue weighted by Gasteiger charge is -2.20. The molecule has 1 aliphatic heterocycles. The zero-order chi connectivity index (χ0) is 16.3. The topological polar surface area (TPSA) is 86.7 Å². The highest BCUT2D eigenvalue weighted by Crippen LogP contribution is 2.22. The largest absolute Gasteiger partial charge is 0.481 e. The van der Waals surface area contributed by atoms with Gasteiger partial charge in [-0.25, -0.2) is 0 Å². The summed E-state index contributed by atoms with van der Waals surface area (Å²) in [6.07, 6.45) is 1.35. The first kappa shape index (κ1) is 16.0. The molecule has 2 N–H and O–H groups in total. The van der Waals surface area contributed by atoms with Gasteiger partial charge in [-0.15, -0.1) is 0 Å². The van der Waals surface area contributed by atoms with E-state index in [-0.39, 0.29) is 18.4 Å². The molecule has 118 valence electrons. The Morgan fingerprint density at radius 1 is 1.36 bits per heavy atom. The Morgan fingerprint density at radius 2 is 2.09 bits per heavy atom. The van der Waals surface area contributed by atoms with Gasteiger partial charge in [0, 0.05) is 30.8 Å². The fraction of sp³-hybridized carbons (Fsp3) is 0.438. The van der Waals surface area contributed by atoms with Gasteiger partial charge in [-0.1, -0.05) is 6.07 Å². The van der Waals surface area contributed by atoms with Crippen molar-refractivity contribution in [1.82, 2.24) is 5.32 Å². The van der Waals surface area contributed by atoms with Crippen LogP contribution in [0.2, 0.25) is 0 Å². The lowest BCUT2D eigenvalue weighted by atomic mass is 9.94. The molecule has 1 saturated heterocycles. The second-order valence-electron chi connectivity index (χ2n) is 6.07. The van der Waals surface area contributed by atoms with Crippen molar-refractivity contribution in [2.24, 2.45) is 5.41 Å². The van der Waals surface area contributed by atoms with E-state index in [1.165, 1.54) is 0 Å². The van der Waals surface area contributed by atoms with Crippen LogP contribution in [0.3, 0.4) is 0 Å². The monoisotopic (exact) mass is 304 g/mol. The second kappa shape index (κ2) is 6.17. The summed E-state index contributed by atoms with van der Waals surface area (Å²) in [7, 11) is 0. The first-order chi connectivity index (χ1) is 10.3. The minimum atomic E-state index is -1.03. The maximum absolute atomic E-state index is 12.2. The molecule has 0 unspecified atom stereocenters. The molecule has 1 fully saturated rings. The van der Waals surface area contributed by atoms with Crippen molar-refractivity contribution in [3.63, 3.8) is 0 Å². The van der Waals surface area contributed by atoms with E-state index in [0.717, 1.165) is 6.42 Å². The van der Waals surface area contributed by atoms with Crippen LogP contribution in [0, 0.1) is 5.41 Å². The number of hydrogen-bond acceptors (Lipinski definition) is 3. The SMILES string of the molecule is CC(C)(CNC(=O)c1cccc(N2CCCC2=O)c1)C(=O)O. The highest BCUT2D eigenvalue weighted by atomic mass is 16.4. The number of carbonyl (C=O) groups is 3. The Hall–Kier alpha value is -2.37. The molecule has 0 radical (unpaired) electrons. The molecule has 22 heavy (non-hydrogen) atoms.